The van der Waals surface area contributed by atoms with Gasteiger partial charge in [0.15, 0.2) is 8.32 Å². The summed E-state index contributed by atoms with van der Waals surface area (Å²) in [6.07, 6.45) is 0. The van der Waals surface area contributed by atoms with Crippen molar-refractivity contribution in [3.05, 3.63) is 130 Å². The number of aliphatic hydroxyl groups is 1. The third-order valence-corrected chi connectivity index (χ3v) is 14.5. The Kier molecular flexibility index (Phi) is 15.0. The fourth-order valence-electron chi connectivity index (χ4n) is 4.17. The van der Waals surface area contributed by atoms with Gasteiger partial charge in [0.2, 0.25) is 0 Å². The lowest BCUT2D eigenvalue weighted by atomic mass is 10.1. The second-order valence-corrected chi connectivity index (χ2v) is 30.7. The number of carbonyl (C=O) groups is 2. The number of esters is 2. The second-order valence-electron chi connectivity index (χ2n) is 16.4. The molecule has 4 rings (SSSR count). The van der Waals surface area contributed by atoms with Crippen LogP contribution in [0.5, 0.6) is 11.5 Å². The first-order chi connectivity index (χ1) is 24.7. The predicted molar refractivity (Wildman–Crippen MR) is 224 cm³/mol. The third kappa shape index (κ3) is 14.5. The maximum absolute atomic E-state index is 12.5. The fraction of sp³-hybridized carbons (Fsp3) is 0.318. The number of ether oxygens (including phenoxy) is 2. The highest BCUT2D eigenvalue weighted by atomic mass is 28.4. The topological polar surface area (TPSA) is 82.1 Å². The molecule has 4 aromatic carbocycles. The Morgan fingerprint density at radius 1 is 0.604 bits per heavy atom. The van der Waals surface area contributed by atoms with Crippen LogP contribution in [0.25, 0.3) is 0 Å². The molecule has 0 unspecified atom stereocenters. The van der Waals surface area contributed by atoms with Crippen LogP contribution >= 0.6 is 0 Å². The Bertz CT molecular complexity index is 1980. The summed E-state index contributed by atoms with van der Waals surface area (Å²) in [5.74, 6) is 6.49. The monoisotopic (exact) mass is 762 g/mol. The van der Waals surface area contributed by atoms with Crippen LogP contribution in [0.3, 0.4) is 0 Å². The quantitative estimate of drug-likeness (QED) is 0.0833. The van der Waals surface area contributed by atoms with Crippen molar-refractivity contribution in [2.75, 3.05) is 0 Å². The molecule has 0 aliphatic heterocycles. The normalized spacial score (nSPS) is 11.5. The minimum Gasteiger partial charge on any atom is -0.422 e. The Morgan fingerprint density at radius 3 is 1.38 bits per heavy atom. The van der Waals surface area contributed by atoms with Gasteiger partial charge in [0.1, 0.15) is 27.6 Å². The standard InChI is InChI=1S/C25H34O3Si2.C19H20O3Si/c1-25(2,3)30(7,8)27-19-20-14-15-23(22(18-20)16-17-29(4,5)6)28-24(26)21-12-10-9-11-13-21;1-23(2,3)12-11-17-13-15(14-20)9-10-18(17)22-19(21)16-7-5-4-6-8-16/h9-15,18H,19H2,1-8H3;4-10,13,20H,14H2,1-3H3. The highest BCUT2D eigenvalue weighted by Crippen LogP contribution is 2.37. The molecule has 0 aliphatic rings. The minimum absolute atomic E-state index is 0.0749. The van der Waals surface area contributed by atoms with Crippen molar-refractivity contribution >= 4 is 36.4 Å². The highest BCUT2D eigenvalue weighted by Gasteiger charge is 2.37. The van der Waals surface area contributed by atoms with Gasteiger partial charge in [-0.25, -0.2) is 9.59 Å². The third-order valence-electron chi connectivity index (χ3n) is 8.25. The zero-order valence-corrected chi connectivity index (χ0v) is 36.1. The molecule has 0 saturated carbocycles. The number of aliphatic hydroxyl groups excluding tert-OH is 1. The molecule has 4 aromatic rings. The number of hydrogen-bond acceptors (Lipinski definition) is 6. The molecule has 0 fully saturated rings. The van der Waals surface area contributed by atoms with E-state index in [2.05, 4.69) is 96.1 Å². The Hall–Kier alpha value is -4.49. The molecule has 0 aliphatic carbocycles. The Labute approximate surface area is 320 Å². The van der Waals surface area contributed by atoms with Gasteiger partial charge in [0, 0.05) is 0 Å². The molecule has 0 bridgehead atoms. The minimum atomic E-state index is -1.85. The van der Waals surface area contributed by atoms with Gasteiger partial charge in [-0.3, -0.25) is 0 Å². The average Bonchev–Trinajstić information content (AvgIpc) is 3.10. The molecule has 0 saturated heterocycles. The molecule has 0 amide bonds. The van der Waals surface area contributed by atoms with Gasteiger partial charge in [-0.15, -0.1) is 11.1 Å². The maximum atomic E-state index is 12.5. The summed E-state index contributed by atoms with van der Waals surface area (Å²) in [5, 5.41) is 9.45. The van der Waals surface area contributed by atoms with Crippen LogP contribution in [0.4, 0.5) is 0 Å². The summed E-state index contributed by atoms with van der Waals surface area (Å²) in [6.45, 7) is 24.7. The van der Waals surface area contributed by atoms with Crippen molar-refractivity contribution < 1.29 is 28.6 Å². The Morgan fingerprint density at radius 2 is 1.00 bits per heavy atom. The van der Waals surface area contributed by atoms with Gasteiger partial charge in [-0.2, -0.15) is 0 Å². The average molecular weight is 763 g/mol. The predicted octanol–water partition coefficient (Wildman–Crippen LogP) is 10.3. The maximum Gasteiger partial charge on any atom is 0.343 e. The second kappa shape index (κ2) is 18.5. The first kappa shape index (κ1) is 42.9. The molecule has 1 N–H and O–H groups in total. The first-order valence-electron chi connectivity index (χ1n) is 17.8. The zero-order valence-electron chi connectivity index (χ0n) is 33.1. The van der Waals surface area contributed by atoms with Crippen molar-refractivity contribution in [3.63, 3.8) is 0 Å². The van der Waals surface area contributed by atoms with E-state index < -0.39 is 30.4 Å². The van der Waals surface area contributed by atoms with Gasteiger partial charge < -0.3 is 19.0 Å². The summed E-state index contributed by atoms with van der Waals surface area (Å²) < 4.78 is 17.5. The lowest BCUT2D eigenvalue weighted by molar-refractivity contribution is 0.0724. The number of carbonyl (C=O) groups excluding carboxylic acids is 2. The van der Waals surface area contributed by atoms with Crippen LogP contribution in [-0.2, 0) is 17.6 Å². The van der Waals surface area contributed by atoms with E-state index in [1.165, 1.54) is 0 Å². The molecule has 53 heavy (non-hydrogen) atoms. The molecule has 0 heterocycles. The van der Waals surface area contributed by atoms with Crippen LogP contribution in [-0.4, -0.2) is 41.5 Å². The highest BCUT2D eigenvalue weighted by molar-refractivity contribution is 6.84. The number of rotatable bonds is 8. The number of benzene rings is 4. The lowest BCUT2D eigenvalue weighted by Gasteiger charge is -2.36. The van der Waals surface area contributed by atoms with E-state index >= 15 is 0 Å². The molecular weight excluding hydrogens is 709 g/mol. The molecule has 0 aromatic heterocycles. The van der Waals surface area contributed by atoms with E-state index in [1.54, 1.807) is 54.6 Å². The van der Waals surface area contributed by atoms with Crippen molar-refractivity contribution in [2.24, 2.45) is 0 Å². The Balaban J connectivity index is 0.000000295. The van der Waals surface area contributed by atoms with E-state index in [4.69, 9.17) is 13.9 Å². The summed E-state index contributed by atoms with van der Waals surface area (Å²) in [6, 6.07) is 28.8. The van der Waals surface area contributed by atoms with Crippen LogP contribution in [0.15, 0.2) is 97.1 Å². The van der Waals surface area contributed by atoms with Gasteiger partial charge >= 0.3 is 11.9 Å². The number of hydrogen-bond donors (Lipinski definition) is 1. The van der Waals surface area contributed by atoms with Crippen LogP contribution in [0.1, 0.15) is 63.7 Å². The van der Waals surface area contributed by atoms with Gasteiger partial charge in [-0.1, -0.05) is 120 Å². The summed E-state index contributed by atoms with van der Waals surface area (Å²) in [5.41, 5.74) is 10.8. The van der Waals surface area contributed by atoms with Gasteiger partial charge in [-0.05, 0) is 77.8 Å². The molecular formula is C44H54O6Si3. The SMILES string of the molecule is CC(C)(C)[Si](C)(C)OCc1ccc(OC(=O)c2ccccc2)c(C#C[Si](C)(C)C)c1.C[Si](C)(C)C#Cc1cc(CO)ccc1OC(=O)c1ccccc1. The molecule has 0 atom stereocenters. The van der Waals surface area contributed by atoms with E-state index in [9.17, 15) is 14.7 Å². The van der Waals surface area contributed by atoms with Crippen molar-refractivity contribution in [1.29, 1.82) is 0 Å². The molecule has 6 nitrogen and oxygen atoms in total. The van der Waals surface area contributed by atoms with E-state index in [1.807, 2.05) is 42.5 Å². The first-order valence-corrected chi connectivity index (χ1v) is 27.7. The molecule has 0 spiro atoms. The largest absolute Gasteiger partial charge is 0.422 e. The fourth-order valence-corrected chi connectivity index (χ4v) is 6.15. The van der Waals surface area contributed by atoms with E-state index in [0.717, 1.165) is 16.7 Å². The summed E-state index contributed by atoms with van der Waals surface area (Å²) in [4.78, 5) is 24.7. The smallest absolute Gasteiger partial charge is 0.343 e. The van der Waals surface area contributed by atoms with Crippen molar-refractivity contribution in [1.82, 2.24) is 0 Å². The molecule has 9 heteroatoms. The van der Waals surface area contributed by atoms with Crippen LogP contribution < -0.4 is 9.47 Å². The van der Waals surface area contributed by atoms with Crippen LogP contribution in [0.2, 0.25) is 57.4 Å². The van der Waals surface area contributed by atoms with Gasteiger partial charge in [0.05, 0.1) is 35.5 Å². The van der Waals surface area contributed by atoms with E-state index in [0.29, 0.717) is 34.8 Å². The van der Waals surface area contributed by atoms with Gasteiger partial charge in [0.25, 0.3) is 0 Å². The lowest BCUT2D eigenvalue weighted by Crippen LogP contribution is -2.40. The molecule has 278 valence electrons. The zero-order chi connectivity index (χ0) is 39.5. The van der Waals surface area contributed by atoms with E-state index in [-0.39, 0.29) is 17.6 Å². The van der Waals surface area contributed by atoms with Crippen molar-refractivity contribution in [3.8, 4) is 34.4 Å². The molecule has 0 radical (unpaired) electrons. The van der Waals surface area contributed by atoms with Crippen molar-refractivity contribution in [2.45, 2.75) is 91.4 Å². The summed E-state index contributed by atoms with van der Waals surface area (Å²) in [7, 11) is -4.99. The van der Waals surface area contributed by atoms with Crippen LogP contribution in [0, 0.1) is 22.9 Å². The summed E-state index contributed by atoms with van der Waals surface area (Å²) >= 11 is 0.